The van der Waals surface area contributed by atoms with Gasteiger partial charge in [-0.2, -0.15) is 0 Å². The summed E-state index contributed by atoms with van der Waals surface area (Å²) in [7, 11) is 1.15. The molecule has 3 N–H and O–H groups in total. The van der Waals surface area contributed by atoms with Gasteiger partial charge >= 0.3 is 5.97 Å². The number of carbonyl (C=O) groups is 3. The van der Waals surface area contributed by atoms with Crippen LogP contribution in [-0.2, 0) is 22.6 Å². The fourth-order valence-corrected chi connectivity index (χ4v) is 2.70. The molecule has 1 aromatic heterocycles. The van der Waals surface area contributed by atoms with Gasteiger partial charge in [-0.1, -0.05) is 13.0 Å². The monoisotopic (exact) mass is 416 g/mol. The number of benzene rings is 1. The summed E-state index contributed by atoms with van der Waals surface area (Å²) >= 11 is 0. The van der Waals surface area contributed by atoms with Crippen LogP contribution in [0.1, 0.15) is 46.0 Å². The number of ketones is 1. The standard InChI is InChI=1S/C21H24N2O7/c1-4-13-8-15(12(2)25)18(26)9-19(13)30-11-14-6-5-7-16(22-14)20(27)23-17(10-24)21(28)29-3/h5-9,17,24,26H,4,10-11H2,1-3H3,(H,23,27). The Hall–Kier alpha value is -3.46. The van der Waals surface area contributed by atoms with Crippen LogP contribution in [0.15, 0.2) is 30.3 Å². The Morgan fingerprint density at radius 3 is 2.57 bits per heavy atom. The van der Waals surface area contributed by atoms with Gasteiger partial charge in [0.25, 0.3) is 5.91 Å². The van der Waals surface area contributed by atoms with Crippen molar-refractivity contribution in [2.45, 2.75) is 32.9 Å². The van der Waals surface area contributed by atoms with E-state index in [-0.39, 0.29) is 29.4 Å². The van der Waals surface area contributed by atoms with Crippen LogP contribution in [0, 0.1) is 0 Å². The fourth-order valence-electron chi connectivity index (χ4n) is 2.70. The molecular formula is C21H24N2O7. The van der Waals surface area contributed by atoms with E-state index in [1.54, 1.807) is 18.2 Å². The number of aromatic nitrogens is 1. The number of hydrogen-bond donors (Lipinski definition) is 3. The van der Waals surface area contributed by atoms with E-state index in [0.717, 1.165) is 12.7 Å². The quantitative estimate of drug-likeness (QED) is 0.412. The zero-order valence-corrected chi connectivity index (χ0v) is 17.0. The van der Waals surface area contributed by atoms with Crippen molar-refractivity contribution < 1.29 is 34.1 Å². The summed E-state index contributed by atoms with van der Waals surface area (Å²) < 4.78 is 10.3. The lowest BCUT2D eigenvalue weighted by Crippen LogP contribution is -2.44. The number of Topliss-reactive ketones (excluding diaryl/α,β-unsaturated/α-hetero) is 1. The van der Waals surface area contributed by atoms with Crippen LogP contribution in [-0.4, -0.2) is 52.6 Å². The van der Waals surface area contributed by atoms with Crippen molar-refractivity contribution in [3.63, 3.8) is 0 Å². The lowest BCUT2D eigenvalue weighted by molar-refractivity contribution is -0.143. The van der Waals surface area contributed by atoms with E-state index in [0.29, 0.717) is 17.9 Å². The Balaban J connectivity index is 2.14. The van der Waals surface area contributed by atoms with Crippen LogP contribution in [0.2, 0.25) is 0 Å². The molecule has 9 heteroatoms. The fraction of sp³-hybridized carbons (Fsp3) is 0.333. The minimum Gasteiger partial charge on any atom is -0.507 e. The van der Waals surface area contributed by atoms with E-state index in [4.69, 9.17) is 4.74 Å². The largest absolute Gasteiger partial charge is 0.507 e. The average Bonchev–Trinajstić information content (AvgIpc) is 2.75. The highest BCUT2D eigenvalue weighted by molar-refractivity contribution is 5.97. The van der Waals surface area contributed by atoms with Gasteiger partial charge in [0, 0.05) is 6.07 Å². The Labute approximate surface area is 173 Å². The van der Waals surface area contributed by atoms with Gasteiger partial charge in [0.05, 0.1) is 25.0 Å². The molecule has 0 aliphatic carbocycles. The second-order valence-electron chi connectivity index (χ2n) is 6.42. The third kappa shape index (κ3) is 5.54. The minimum atomic E-state index is -1.20. The summed E-state index contributed by atoms with van der Waals surface area (Å²) in [5.74, 6) is -1.44. The number of rotatable bonds is 9. The lowest BCUT2D eigenvalue weighted by Gasteiger charge is -2.14. The van der Waals surface area contributed by atoms with Crippen LogP contribution in [0.5, 0.6) is 11.5 Å². The van der Waals surface area contributed by atoms with Crippen molar-refractivity contribution in [1.82, 2.24) is 10.3 Å². The zero-order valence-electron chi connectivity index (χ0n) is 17.0. The first-order chi connectivity index (χ1) is 14.3. The van der Waals surface area contributed by atoms with Crippen LogP contribution < -0.4 is 10.1 Å². The highest BCUT2D eigenvalue weighted by Crippen LogP contribution is 2.29. The number of aryl methyl sites for hydroxylation is 1. The number of esters is 1. The smallest absolute Gasteiger partial charge is 0.330 e. The molecule has 1 heterocycles. The maximum Gasteiger partial charge on any atom is 0.330 e. The number of aliphatic hydroxyl groups excluding tert-OH is 1. The van der Waals surface area contributed by atoms with Gasteiger partial charge in [-0.05, 0) is 37.1 Å². The number of phenolic OH excluding ortho intramolecular Hbond substituents is 1. The van der Waals surface area contributed by atoms with Crippen molar-refractivity contribution in [1.29, 1.82) is 0 Å². The van der Waals surface area contributed by atoms with Crippen LogP contribution in [0.25, 0.3) is 0 Å². The van der Waals surface area contributed by atoms with Crippen molar-refractivity contribution in [3.8, 4) is 11.5 Å². The van der Waals surface area contributed by atoms with Crippen LogP contribution in [0.4, 0.5) is 0 Å². The van der Waals surface area contributed by atoms with Gasteiger partial charge in [0.1, 0.15) is 23.8 Å². The highest BCUT2D eigenvalue weighted by Gasteiger charge is 2.22. The molecule has 1 aromatic carbocycles. The number of phenols is 1. The van der Waals surface area contributed by atoms with Gasteiger partial charge in [-0.25, -0.2) is 9.78 Å². The van der Waals surface area contributed by atoms with Gasteiger partial charge in [-0.3, -0.25) is 9.59 Å². The molecule has 30 heavy (non-hydrogen) atoms. The minimum absolute atomic E-state index is 0.00735. The molecule has 0 radical (unpaired) electrons. The third-order valence-electron chi connectivity index (χ3n) is 4.33. The first-order valence-corrected chi connectivity index (χ1v) is 9.25. The van der Waals surface area contributed by atoms with Crippen LogP contribution >= 0.6 is 0 Å². The van der Waals surface area contributed by atoms with E-state index >= 15 is 0 Å². The molecule has 0 aliphatic rings. The molecule has 9 nitrogen and oxygen atoms in total. The molecular weight excluding hydrogens is 392 g/mol. The van der Waals surface area contributed by atoms with E-state index in [1.807, 2.05) is 6.92 Å². The van der Waals surface area contributed by atoms with E-state index < -0.39 is 24.5 Å². The topological polar surface area (TPSA) is 135 Å². The predicted octanol–water partition coefficient (Wildman–Crippen LogP) is 1.39. The molecule has 0 saturated carbocycles. The molecule has 2 rings (SSSR count). The maximum absolute atomic E-state index is 12.3. The van der Waals surface area contributed by atoms with Gasteiger partial charge in [-0.15, -0.1) is 0 Å². The van der Waals surface area contributed by atoms with Crippen molar-refractivity contribution in [2.75, 3.05) is 13.7 Å². The van der Waals surface area contributed by atoms with Crippen molar-refractivity contribution >= 4 is 17.7 Å². The maximum atomic E-state index is 12.3. The second kappa shape index (κ2) is 10.4. The number of aliphatic hydroxyl groups is 1. The average molecular weight is 416 g/mol. The molecule has 1 atom stereocenters. The van der Waals surface area contributed by atoms with E-state index in [9.17, 15) is 24.6 Å². The number of ether oxygens (including phenoxy) is 2. The Bertz CT molecular complexity index is 943. The third-order valence-corrected chi connectivity index (χ3v) is 4.33. The van der Waals surface area contributed by atoms with E-state index in [2.05, 4.69) is 15.0 Å². The van der Waals surface area contributed by atoms with Gasteiger partial charge < -0.3 is 25.0 Å². The number of aromatic hydroxyl groups is 1. The summed E-state index contributed by atoms with van der Waals surface area (Å²) in [5.41, 5.74) is 1.43. The summed E-state index contributed by atoms with van der Waals surface area (Å²) in [6.45, 7) is 2.66. The number of nitrogens with one attached hydrogen (secondary N) is 1. The summed E-state index contributed by atoms with van der Waals surface area (Å²) in [6.07, 6.45) is 0.585. The SMILES string of the molecule is CCc1cc(C(C)=O)c(O)cc1OCc1cccc(C(=O)NC(CO)C(=O)OC)n1. The molecule has 2 aromatic rings. The predicted molar refractivity (Wildman–Crippen MR) is 106 cm³/mol. The molecule has 160 valence electrons. The van der Waals surface area contributed by atoms with Crippen LogP contribution in [0.3, 0.4) is 0 Å². The Morgan fingerprint density at radius 1 is 1.23 bits per heavy atom. The molecule has 0 saturated heterocycles. The summed E-state index contributed by atoms with van der Waals surface area (Å²) in [6, 6.07) is 6.48. The normalized spacial score (nSPS) is 11.5. The molecule has 0 spiro atoms. The number of nitrogens with zero attached hydrogens (tertiary/aromatic N) is 1. The molecule has 1 unspecified atom stereocenters. The number of methoxy groups -OCH3 is 1. The number of amides is 1. The van der Waals surface area contributed by atoms with Crippen molar-refractivity contribution in [3.05, 3.63) is 52.8 Å². The van der Waals surface area contributed by atoms with Crippen molar-refractivity contribution in [2.24, 2.45) is 0 Å². The molecule has 1 amide bonds. The van der Waals surface area contributed by atoms with E-state index in [1.165, 1.54) is 19.1 Å². The molecule has 0 fully saturated rings. The zero-order chi connectivity index (χ0) is 22.3. The van der Waals surface area contributed by atoms with Gasteiger partial charge in [0.2, 0.25) is 0 Å². The highest BCUT2D eigenvalue weighted by atomic mass is 16.5. The summed E-state index contributed by atoms with van der Waals surface area (Å²) in [5, 5.41) is 21.6. The molecule has 0 aliphatic heterocycles. The lowest BCUT2D eigenvalue weighted by atomic mass is 10.0. The van der Waals surface area contributed by atoms with Gasteiger partial charge in [0.15, 0.2) is 11.8 Å². The number of hydrogen-bond acceptors (Lipinski definition) is 8. The first kappa shape index (κ1) is 22.8. The molecule has 0 bridgehead atoms. The Morgan fingerprint density at radius 2 is 1.97 bits per heavy atom. The number of carbonyl (C=O) groups excluding carboxylic acids is 3. The summed E-state index contributed by atoms with van der Waals surface area (Å²) in [4.78, 5) is 39.6. The number of pyridine rings is 1. The Kier molecular flexibility index (Phi) is 7.88. The first-order valence-electron chi connectivity index (χ1n) is 9.25. The second-order valence-corrected chi connectivity index (χ2v) is 6.42.